The molecular formula is C13H23N3O2. The molecule has 0 aliphatic carbocycles. The maximum absolute atomic E-state index is 12.2. The van der Waals surface area contributed by atoms with Crippen LogP contribution in [0.5, 0.6) is 0 Å². The second kappa shape index (κ2) is 4.63. The van der Waals surface area contributed by atoms with Crippen molar-refractivity contribution < 1.29 is 11.0 Å². The summed E-state index contributed by atoms with van der Waals surface area (Å²) in [6.45, 7) is 8.51. The van der Waals surface area contributed by atoms with Crippen LogP contribution in [0, 0.1) is 5.92 Å². The number of aromatic amines is 1. The molecule has 1 saturated heterocycles. The largest absolute Gasteiger partial charge is 0.444 e. The van der Waals surface area contributed by atoms with E-state index < -0.39 is 5.60 Å². The smallest absolute Gasteiger partial charge is 0.410 e. The van der Waals surface area contributed by atoms with Gasteiger partial charge in [-0.2, -0.15) is 0 Å². The van der Waals surface area contributed by atoms with Gasteiger partial charge in [0.2, 0.25) is 0 Å². The number of likely N-dealkylation sites (tertiary alicyclic amines) is 1. The van der Waals surface area contributed by atoms with Crippen LogP contribution in [0.15, 0.2) is 12.4 Å². The van der Waals surface area contributed by atoms with Crippen LogP contribution in [-0.4, -0.2) is 33.1 Å². The zero-order valence-electron chi connectivity index (χ0n) is 11.4. The van der Waals surface area contributed by atoms with Crippen LogP contribution in [0.25, 0.3) is 0 Å². The van der Waals surface area contributed by atoms with Gasteiger partial charge in [0, 0.05) is 20.4 Å². The first kappa shape index (κ1) is 12.9. The van der Waals surface area contributed by atoms with E-state index in [1.165, 1.54) is 0 Å². The van der Waals surface area contributed by atoms with Crippen LogP contribution in [0.4, 0.5) is 4.79 Å². The molecular weight excluding hydrogens is 230 g/mol. The summed E-state index contributed by atoms with van der Waals surface area (Å²) in [5.41, 5.74) is -0.462. The molecule has 1 amide bonds. The van der Waals surface area contributed by atoms with E-state index in [4.69, 9.17) is 4.74 Å². The average Bonchev–Trinajstić information content (AvgIpc) is 2.82. The molecule has 1 fully saturated rings. The van der Waals surface area contributed by atoms with E-state index in [9.17, 15) is 4.79 Å². The molecule has 0 bridgehead atoms. The molecule has 5 nitrogen and oxygen atoms in total. The van der Waals surface area contributed by atoms with Crippen molar-refractivity contribution in [3.63, 3.8) is 0 Å². The number of hydrogen-bond acceptors (Lipinski definition) is 3. The Morgan fingerprint density at radius 2 is 2.33 bits per heavy atom. The van der Waals surface area contributed by atoms with E-state index in [-0.39, 0.29) is 13.6 Å². The van der Waals surface area contributed by atoms with Crippen molar-refractivity contribution in [2.24, 2.45) is 5.92 Å². The van der Waals surface area contributed by atoms with Gasteiger partial charge in [0.1, 0.15) is 11.4 Å². The molecule has 2 rings (SSSR count). The standard InChI is InChI=1S/C13H21N3O2.H2/c1-9-7-10(11-14-5-6-15-11)16(8-9)12(17)18-13(2,3)4;/h5-6,9-10H,7-8H2,1-4H3,(H,14,15);1H/t9-,10-;/m0./s1. The van der Waals surface area contributed by atoms with Crippen LogP contribution in [0.3, 0.4) is 0 Å². The van der Waals surface area contributed by atoms with Crippen molar-refractivity contribution in [1.82, 2.24) is 14.9 Å². The Labute approximate surface area is 109 Å². The normalized spacial score (nSPS) is 24.3. The summed E-state index contributed by atoms with van der Waals surface area (Å²) in [5, 5.41) is 0. The van der Waals surface area contributed by atoms with Gasteiger partial charge in [-0.15, -0.1) is 0 Å². The second-order valence-corrected chi connectivity index (χ2v) is 5.96. The minimum atomic E-state index is -0.462. The third kappa shape index (κ3) is 2.83. The molecule has 1 aromatic heterocycles. The zero-order valence-corrected chi connectivity index (χ0v) is 11.4. The number of rotatable bonds is 1. The van der Waals surface area contributed by atoms with Gasteiger partial charge in [-0.05, 0) is 33.1 Å². The molecule has 0 aromatic carbocycles. The highest BCUT2D eigenvalue weighted by Crippen LogP contribution is 2.34. The lowest BCUT2D eigenvalue weighted by Crippen LogP contribution is -2.37. The molecule has 1 aliphatic heterocycles. The molecule has 2 heterocycles. The van der Waals surface area contributed by atoms with E-state index >= 15 is 0 Å². The number of imidazole rings is 1. The lowest BCUT2D eigenvalue weighted by molar-refractivity contribution is 0.0214. The Balaban J connectivity index is 0.00000180. The zero-order chi connectivity index (χ0) is 13.3. The molecule has 1 aromatic rings. The van der Waals surface area contributed by atoms with Crippen LogP contribution >= 0.6 is 0 Å². The van der Waals surface area contributed by atoms with Gasteiger partial charge in [-0.3, -0.25) is 4.90 Å². The highest BCUT2D eigenvalue weighted by atomic mass is 16.6. The van der Waals surface area contributed by atoms with Gasteiger partial charge in [0.25, 0.3) is 0 Å². The molecule has 102 valence electrons. The molecule has 18 heavy (non-hydrogen) atoms. The highest BCUT2D eigenvalue weighted by molar-refractivity contribution is 5.69. The predicted octanol–water partition coefficient (Wildman–Crippen LogP) is 2.97. The van der Waals surface area contributed by atoms with E-state index in [1.54, 1.807) is 17.3 Å². The number of nitrogens with one attached hydrogen (secondary N) is 1. The van der Waals surface area contributed by atoms with Crippen LogP contribution < -0.4 is 0 Å². The predicted molar refractivity (Wildman–Crippen MR) is 70.2 cm³/mol. The maximum atomic E-state index is 12.2. The molecule has 0 saturated carbocycles. The average molecular weight is 253 g/mol. The van der Waals surface area contributed by atoms with Gasteiger partial charge in [-0.1, -0.05) is 6.92 Å². The number of nitrogens with zero attached hydrogens (tertiary/aromatic N) is 2. The molecule has 0 unspecified atom stereocenters. The summed E-state index contributed by atoms with van der Waals surface area (Å²) >= 11 is 0. The number of carbonyl (C=O) groups excluding carboxylic acids is 1. The first-order valence-corrected chi connectivity index (χ1v) is 6.35. The summed E-state index contributed by atoms with van der Waals surface area (Å²) < 4.78 is 5.44. The third-order valence-corrected chi connectivity index (χ3v) is 2.97. The minimum Gasteiger partial charge on any atom is -0.444 e. The van der Waals surface area contributed by atoms with Crippen LogP contribution in [-0.2, 0) is 4.74 Å². The minimum absolute atomic E-state index is 0. The topological polar surface area (TPSA) is 58.2 Å². The summed E-state index contributed by atoms with van der Waals surface area (Å²) in [6, 6.07) is 0.00449. The summed E-state index contributed by atoms with van der Waals surface area (Å²) in [7, 11) is 0. The number of aromatic nitrogens is 2. The van der Waals surface area contributed by atoms with Gasteiger partial charge < -0.3 is 9.72 Å². The fraction of sp³-hybridized carbons (Fsp3) is 0.692. The van der Waals surface area contributed by atoms with Crippen molar-refractivity contribution in [2.75, 3.05) is 6.54 Å². The van der Waals surface area contributed by atoms with Crippen molar-refractivity contribution in [3.8, 4) is 0 Å². The maximum Gasteiger partial charge on any atom is 0.410 e. The van der Waals surface area contributed by atoms with E-state index in [2.05, 4.69) is 16.9 Å². The first-order chi connectivity index (χ1) is 8.37. The number of hydrogen-bond donors (Lipinski definition) is 1. The van der Waals surface area contributed by atoms with Crippen LogP contribution in [0.1, 0.15) is 47.4 Å². The summed E-state index contributed by atoms with van der Waals surface area (Å²) in [5.74, 6) is 1.30. The number of ether oxygens (including phenoxy) is 1. The number of H-pyrrole nitrogens is 1. The van der Waals surface area contributed by atoms with Crippen molar-refractivity contribution in [3.05, 3.63) is 18.2 Å². The molecule has 2 atom stereocenters. The Morgan fingerprint density at radius 3 is 2.89 bits per heavy atom. The lowest BCUT2D eigenvalue weighted by Gasteiger charge is -2.27. The van der Waals surface area contributed by atoms with E-state index in [0.29, 0.717) is 5.92 Å². The van der Waals surface area contributed by atoms with E-state index in [1.807, 2.05) is 20.8 Å². The van der Waals surface area contributed by atoms with Gasteiger partial charge in [-0.25, -0.2) is 9.78 Å². The molecule has 0 radical (unpaired) electrons. The summed E-state index contributed by atoms with van der Waals surface area (Å²) in [4.78, 5) is 21.3. The highest BCUT2D eigenvalue weighted by Gasteiger charge is 2.37. The molecule has 5 heteroatoms. The fourth-order valence-electron chi connectivity index (χ4n) is 2.29. The second-order valence-electron chi connectivity index (χ2n) is 5.96. The third-order valence-electron chi connectivity index (χ3n) is 2.97. The molecule has 1 N–H and O–H groups in total. The van der Waals surface area contributed by atoms with Crippen molar-refractivity contribution >= 4 is 6.09 Å². The Bertz CT molecular complexity index is 414. The van der Waals surface area contributed by atoms with Crippen LogP contribution in [0.2, 0.25) is 0 Å². The fourth-order valence-corrected chi connectivity index (χ4v) is 2.29. The quantitative estimate of drug-likeness (QED) is 0.837. The monoisotopic (exact) mass is 253 g/mol. The Hall–Kier alpha value is -1.52. The van der Waals surface area contributed by atoms with Gasteiger partial charge in [0.15, 0.2) is 0 Å². The van der Waals surface area contributed by atoms with E-state index in [0.717, 1.165) is 18.8 Å². The lowest BCUT2D eigenvalue weighted by atomic mass is 10.1. The SMILES string of the molecule is C[C@H]1C[C@@H](c2ncc[nH]2)N(C(=O)OC(C)(C)C)C1.[HH]. The Morgan fingerprint density at radius 1 is 1.61 bits per heavy atom. The number of carbonyl (C=O) groups is 1. The Kier molecular flexibility index (Phi) is 3.32. The molecule has 0 spiro atoms. The first-order valence-electron chi connectivity index (χ1n) is 6.35. The van der Waals surface area contributed by atoms with Gasteiger partial charge >= 0.3 is 6.09 Å². The van der Waals surface area contributed by atoms with Crippen molar-refractivity contribution in [2.45, 2.75) is 45.8 Å². The number of amides is 1. The van der Waals surface area contributed by atoms with Crippen molar-refractivity contribution in [1.29, 1.82) is 0 Å². The molecule has 1 aliphatic rings. The summed E-state index contributed by atoms with van der Waals surface area (Å²) in [6.07, 6.45) is 4.16. The van der Waals surface area contributed by atoms with Gasteiger partial charge in [0.05, 0.1) is 6.04 Å².